The lowest BCUT2D eigenvalue weighted by molar-refractivity contribution is -0.109. The van der Waals surface area contributed by atoms with Gasteiger partial charge in [0.05, 0.1) is 53.3 Å². The van der Waals surface area contributed by atoms with Crippen LogP contribution in [0.25, 0.3) is 21.6 Å². The number of amides is 1. The lowest BCUT2D eigenvalue weighted by Gasteiger charge is -2.18. The van der Waals surface area contributed by atoms with Gasteiger partial charge in [0, 0.05) is 31.4 Å². The molecule has 5 rings (SSSR count). The van der Waals surface area contributed by atoms with Crippen molar-refractivity contribution in [1.29, 1.82) is 5.41 Å². The molecule has 14 heteroatoms. The van der Waals surface area contributed by atoms with Crippen LogP contribution in [-0.4, -0.2) is 88.1 Å². The second-order valence-electron chi connectivity index (χ2n) is 13.0. The predicted octanol–water partition coefficient (Wildman–Crippen LogP) is 6.93. The zero-order chi connectivity index (χ0) is 35.9. The van der Waals surface area contributed by atoms with Crippen molar-refractivity contribution < 1.29 is 14.3 Å². The first kappa shape index (κ1) is 39.1. The number of methoxy groups -OCH3 is 1. The van der Waals surface area contributed by atoms with Gasteiger partial charge in [-0.25, -0.2) is 19.8 Å². The van der Waals surface area contributed by atoms with Crippen molar-refractivity contribution in [3.05, 3.63) is 58.6 Å². The minimum atomic E-state index is -0.562. The van der Waals surface area contributed by atoms with Crippen LogP contribution in [0.4, 0.5) is 4.79 Å². The number of nitrogens with zero attached hydrogens (tertiary/aromatic N) is 4. The number of nitrogens with one attached hydrogen (secondary N) is 5. The third-order valence-corrected chi connectivity index (χ3v) is 10.2. The predicted molar refractivity (Wildman–Crippen MR) is 205 cm³/mol. The van der Waals surface area contributed by atoms with Crippen molar-refractivity contribution in [3.8, 4) is 10.6 Å². The zero-order valence-electron chi connectivity index (χ0n) is 30.0. The quantitative estimate of drug-likeness (QED) is 0.0184. The normalized spacial score (nSPS) is 14.9. The van der Waals surface area contributed by atoms with Crippen molar-refractivity contribution in [2.75, 3.05) is 33.5 Å². The number of aromatic nitrogens is 4. The number of hydrogen-bond acceptors (Lipinski definition) is 10. The van der Waals surface area contributed by atoms with Crippen LogP contribution in [0.1, 0.15) is 80.5 Å². The van der Waals surface area contributed by atoms with Crippen LogP contribution in [0.3, 0.4) is 0 Å². The summed E-state index contributed by atoms with van der Waals surface area (Å²) in [7, 11) is 3.35. The summed E-state index contributed by atoms with van der Waals surface area (Å²) in [5.41, 5.74) is 4.65. The molecule has 4 heterocycles. The number of likely N-dealkylation sites (tertiary alicyclic amines) is 1. The Hall–Kier alpha value is -3.72. The number of aromatic amines is 2. The highest BCUT2D eigenvalue weighted by Gasteiger charge is 2.26. The number of carbonyl (C=O) groups excluding carboxylic acids is 2. The number of alkyl carbamates (subject to hydrolysis) is 1. The van der Waals surface area contributed by atoms with Crippen molar-refractivity contribution in [2.24, 2.45) is 5.92 Å². The molecule has 1 aliphatic heterocycles. The first-order chi connectivity index (χ1) is 24.2. The fourth-order valence-electron chi connectivity index (χ4n) is 6.09. The number of ether oxygens (including phenoxy) is 1. The summed E-state index contributed by atoms with van der Waals surface area (Å²) in [6, 6.07) is 10.9. The average Bonchev–Trinajstić information content (AvgIpc) is 3.92. The van der Waals surface area contributed by atoms with Gasteiger partial charge in [0.25, 0.3) is 0 Å². The minimum absolute atomic E-state index is 0.207. The Bertz CT molecular complexity index is 1640. The van der Waals surface area contributed by atoms with Crippen LogP contribution in [0.15, 0.2) is 36.5 Å². The molecule has 1 fully saturated rings. The summed E-state index contributed by atoms with van der Waals surface area (Å²) in [4.78, 5) is 45.5. The fraction of sp³-hybridized carbons (Fsp3) is 0.528. The zero-order valence-corrected chi connectivity index (χ0v) is 31.6. The lowest BCUT2D eigenvalue weighted by atomic mass is 10.1. The number of aldehydes is 1. The van der Waals surface area contributed by atoms with E-state index < -0.39 is 12.1 Å². The number of hydrazine groups is 1. The van der Waals surface area contributed by atoms with E-state index in [1.807, 2.05) is 37.6 Å². The van der Waals surface area contributed by atoms with Gasteiger partial charge in [-0.1, -0.05) is 31.9 Å². The number of unbranched alkanes of at least 4 members (excludes halogenated alkanes) is 1. The number of thiophene rings is 1. The standard InChI is InChI=1S/C28H38N8S2.C8H15NO3/c1-35(34-37-2)15-4-3-10-27-31-22-13-11-20(17-23(22)32-27)7-5-8-21-12-14-26(38-21)24-18-30-28(33-24)25-9-6-16-36(25)19-29;1-6(2)4-7(5-10)9-8(11)12-3/h11-14,17-19,25,29,34H,3-10,15-16H2,1-2H3,(H,30,33)(H,31,32);5-7H,4H2,1-3H3,(H,9,11)/t25-;/m0./s1. The molecule has 2 atom stereocenters. The van der Waals surface area contributed by atoms with Gasteiger partial charge >= 0.3 is 6.09 Å². The molecule has 5 N–H and O–H groups in total. The molecule has 1 unspecified atom stereocenters. The molecule has 0 radical (unpaired) electrons. The van der Waals surface area contributed by atoms with Crippen LogP contribution < -0.4 is 10.1 Å². The monoisotopic (exact) mass is 723 g/mol. The molecule has 3 aromatic heterocycles. The Morgan fingerprint density at radius 1 is 1.20 bits per heavy atom. The molecule has 12 nitrogen and oxygen atoms in total. The number of aryl methyl sites for hydroxylation is 3. The highest BCUT2D eigenvalue weighted by Crippen LogP contribution is 2.32. The van der Waals surface area contributed by atoms with Crippen LogP contribution in [0.5, 0.6) is 0 Å². The van der Waals surface area contributed by atoms with E-state index in [9.17, 15) is 9.59 Å². The van der Waals surface area contributed by atoms with Crippen molar-refractivity contribution in [3.63, 3.8) is 0 Å². The summed E-state index contributed by atoms with van der Waals surface area (Å²) in [6.07, 6.45) is 14.9. The van der Waals surface area contributed by atoms with Crippen molar-refractivity contribution >= 4 is 53.0 Å². The Kier molecular flexibility index (Phi) is 15.8. The number of H-pyrrole nitrogens is 2. The molecule has 0 aliphatic carbocycles. The van der Waals surface area contributed by atoms with E-state index in [1.54, 1.807) is 11.9 Å². The molecule has 0 spiro atoms. The Morgan fingerprint density at radius 2 is 2.04 bits per heavy atom. The van der Waals surface area contributed by atoms with Gasteiger partial charge in [-0.15, -0.1) is 11.3 Å². The van der Waals surface area contributed by atoms with Gasteiger partial charge in [-0.2, -0.15) is 4.83 Å². The Labute approximate surface area is 304 Å². The molecule has 4 aromatic rings. The third-order valence-electron chi connectivity index (χ3n) is 8.56. The van der Waals surface area contributed by atoms with E-state index in [0.29, 0.717) is 12.3 Å². The van der Waals surface area contributed by atoms with E-state index in [2.05, 4.69) is 77.1 Å². The van der Waals surface area contributed by atoms with E-state index in [-0.39, 0.29) is 6.04 Å². The van der Waals surface area contributed by atoms with Gasteiger partial charge < -0.3 is 29.7 Å². The Balaban J connectivity index is 0.000000402. The third kappa shape index (κ3) is 12.0. The molecule has 50 heavy (non-hydrogen) atoms. The molecule has 1 amide bonds. The summed E-state index contributed by atoms with van der Waals surface area (Å²) in [5, 5.41) is 12.2. The van der Waals surface area contributed by atoms with Crippen LogP contribution in [0.2, 0.25) is 0 Å². The maximum Gasteiger partial charge on any atom is 0.407 e. The number of rotatable bonds is 18. The maximum absolute atomic E-state index is 10.7. The average molecular weight is 724 g/mol. The smallest absolute Gasteiger partial charge is 0.407 e. The largest absolute Gasteiger partial charge is 0.453 e. The lowest BCUT2D eigenvalue weighted by Crippen LogP contribution is -2.36. The number of carbonyl (C=O) groups is 2. The minimum Gasteiger partial charge on any atom is -0.453 e. The molecular weight excluding hydrogens is 671 g/mol. The SMILES string of the molecule is COC(=O)NC(C=O)CC(C)C.CSNN(C)CCCCc1nc2ccc(CCCc3ccc(-c4cnc([C@@H]5CCCN5C=N)[nH]4)s3)cc2[nH]1. The van der Waals surface area contributed by atoms with Crippen LogP contribution in [0, 0.1) is 11.3 Å². The number of fused-ring (bicyclic) bond motifs is 1. The maximum atomic E-state index is 10.7. The molecule has 0 saturated carbocycles. The first-order valence-corrected chi connectivity index (χ1v) is 19.4. The van der Waals surface area contributed by atoms with Crippen molar-refractivity contribution in [2.45, 2.75) is 83.7 Å². The second kappa shape index (κ2) is 20.2. The molecule has 272 valence electrons. The molecule has 0 bridgehead atoms. The van der Waals surface area contributed by atoms with E-state index in [0.717, 1.165) is 99.1 Å². The van der Waals surface area contributed by atoms with Crippen LogP contribution >= 0.6 is 23.3 Å². The first-order valence-electron chi connectivity index (χ1n) is 17.4. The number of imidazole rings is 2. The Morgan fingerprint density at radius 3 is 2.78 bits per heavy atom. The summed E-state index contributed by atoms with van der Waals surface area (Å²) in [5.74, 6) is 2.44. The van der Waals surface area contributed by atoms with Gasteiger partial charge in [0.2, 0.25) is 0 Å². The number of hydrogen-bond donors (Lipinski definition) is 5. The highest BCUT2D eigenvalue weighted by molar-refractivity contribution is 7.96. The summed E-state index contributed by atoms with van der Waals surface area (Å²) < 4.78 is 4.36. The highest BCUT2D eigenvalue weighted by atomic mass is 32.2. The van der Waals surface area contributed by atoms with Crippen molar-refractivity contribution in [1.82, 2.24) is 40.0 Å². The van der Waals surface area contributed by atoms with Gasteiger partial charge in [0.15, 0.2) is 0 Å². The number of benzene rings is 1. The van der Waals surface area contributed by atoms with Gasteiger partial charge in [0.1, 0.15) is 17.9 Å². The summed E-state index contributed by atoms with van der Waals surface area (Å²) >= 11 is 3.47. The van der Waals surface area contributed by atoms with E-state index in [1.165, 1.54) is 28.8 Å². The molecule has 1 aliphatic rings. The van der Waals surface area contributed by atoms with E-state index >= 15 is 0 Å². The van der Waals surface area contributed by atoms with Gasteiger partial charge in [-0.05, 0) is 93.4 Å². The molecular formula is C36H53N9O3S2. The molecule has 1 saturated heterocycles. The second-order valence-corrected chi connectivity index (χ2v) is 14.8. The van der Waals surface area contributed by atoms with E-state index in [4.69, 9.17) is 10.4 Å². The fourth-order valence-corrected chi connectivity index (χ4v) is 7.50. The van der Waals surface area contributed by atoms with Gasteiger partial charge in [-0.3, -0.25) is 5.41 Å². The molecule has 1 aromatic carbocycles. The summed E-state index contributed by atoms with van der Waals surface area (Å²) in [6.45, 7) is 5.94. The van der Waals surface area contributed by atoms with Crippen LogP contribution in [-0.2, 0) is 28.8 Å². The topological polar surface area (TPSA) is 155 Å².